The van der Waals surface area contributed by atoms with Crippen LogP contribution in [-0.2, 0) is 4.79 Å². The average Bonchev–Trinajstić information content (AvgIpc) is 2.77. The van der Waals surface area contributed by atoms with Crippen molar-refractivity contribution >= 4 is 11.7 Å². The molecule has 5 rings (SSSR count). The van der Waals surface area contributed by atoms with Crippen LogP contribution >= 0.6 is 0 Å². The highest BCUT2D eigenvalue weighted by Gasteiger charge is 2.50. The Morgan fingerprint density at radius 2 is 1.72 bits per heavy atom. The van der Waals surface area contributed by atoms with Crippen LogP contribution in [0, 0.1) is 29.6 Å². The third-order valence-electron chi connectivity index (χ3n) is 5.69. The van der Waals surface area contributed by atoms with Crippen molar-refractivity contribution in [3.05, 3.63) is 0 Å². The minimum atomic E-state index is -0.766. The number of carboxylic acid groups (broad SMARTS) is 1. The maximum atomic E-state index is 11.0. The minimum absolute atomic E-state index is 0.475. The number of carbonyl (C=O) groups is 1. The van der Waals surface area contributed by atoms with Gasteiger partial charge in [-0.15, -0.1) is 0 Å². The third-order valence-corrected chi connectivity index (χ3v) is 5.69. The van der Waals surface area contributed by atoms with Crippen molar-refractivity contribution in [1.82, 2.24) is 5.43 Å². The zero-order valence-corrected chi connectivity index (χ0v) is 10.5. The van der Waals surface area contributed by atoms with Crippen LogP contribution in [-0.4, -0.2) is 22.8 Å². The molecule has 2 N–H and O–H groups in total. The van der Waals surface area contributed by atoms with Gasteiger partial charge < -0.3 is 5.11 Å². The van der Waals surface area contributed by atoms with Crippen molar-refractivity contribution in [2.45, 2.75) is 44.6 Å². The van der Waals surface area contributed by atoms with Gasteiger partial charge in [0.1, 0.15) is 6.04 Å². The third kappa shape index (κ3) is 1.50. The number of hydrogen-bond donors (Lipinski definition) is 2. The molecule has 1 aliphatic heterocycles. The molecule has 4 aliphatic carbocycles. The fraction of sp³-hybridized carbons (Fsp3) is 0.857. The van der Waals surface area contributed by atoms with Crippen molar-refractivity contribution in [2.24, 2.45) is 34.7 Å². The van der Waals surface area contributed by atoms with Gasteiger partial charge in [-0.3, -0.25) is 5.43 Å². The fourth-order valence-electron chi connectivity index (χ4n) is 5.28. The number of hydrazone groups is 1. The first-order valence-corrected chi connectivity index (χ1v) is 7.25. The van der Waals surface area contributed by atoms with E-state index in [9.17, 15) is 4.79 Å². The summed E-state index contributed by atoms with van der Waals surface area (Å²) < 4.78 is 0. The number of nitrogens with zero attached hydrogens (tertiary/aromatic N) is 1. The Labute approximate surface area is 107 Å². The quantitative estimate of drug-likeness (QED) is 0.784. The summed E-state index contributed by atoms with van der Waals surface area (Å²) in [6, 6.07) is -0.475. The van der Waals surface area contributed by atoms with Crippen LogP contribution in [0.5, 0.6) is 0 Å². The molecular weight excluding hydrogens is 228 g/mol. The lowest BCUT2D eigenvalue weighted by Crippen LogP contribution is -2.48. The molecule has 18 heavy (non-hydrogen) atoms. The molecule has 0 aromatic rings. The molecule has 4 saturated carbocycles. The van der Waals surface area contributed by atoms with E-state index in [4.69, 9.17) is 5.11 Å². The smallest absolute Gasteiger partial charge is 0.328 e. The van der Waals surface area contributed by atoms with E-state index >= 15 is 0 Å². The summed E-state index contributed by atoms with van der Waals surface area (Å²) in [7, 11) is 0. The molecule has 1 heterocycles. The summed E-state index contributed by atoms with van der Waals surface area (Å²) in [5.74, 6) is 3.36. The van der Waals surface area contributed by atoms with E-state index in [1.807, 2.05) is 0 Å². The van der Waals surface area contributed by atoms with Crippen molar-refractivity contribution in [3.8, 4) is 0 Å². The van der Waals surface area contributed by atoms with Crippen LogP contribution in [0.3, 0.4) is 0 Å². The molecule has 0 aromatic carbocycles. The first kappa shape index (κ1) is 10.8. The number of hydrogen-bond acceptors (Lipinski definition) is 3. The highest BCUT2D eigenvalue weighted by Crippen LogP contribution is 2.57. The van der Waals surface area contributed by atoms with Gasteiger partial charge in [-0.05, 0) is 55.8 Å². The standard InChI is InChI=1S/C14H20N2O2/c17-14(18)12-6-11(15-16-12)13-9-2-7-1-8(4-9)5-10(13)3-7/h7-10,12-13,16H,1-6H2,(H,17,18). The second-order valence-electron chi connectivity index (χ2n) is 6.78. The van der Waals surface area contributed by atoms with Gasteiger partial charge >= 0.3 is 5.97 Å². The van der Waals surface area contributed by atoms with E-state index in [-0.39, 0.29) is 0 Å². The van der Waals surface area contributed by atoms with Gasteiger partial charge in [0.2, 0.25) is 0 Å². The fourth-order valence-corrected chi connectivity index (χ4v) is 5.28. The Kier molecular flexibility index (Phi) is 2.24. The number of carboxylic acids is 1. The Balaban J connectivity index is 1.54. The molecule has 98 valence electrons. The molecule has 0 aromatic heterocycles. The second kappa shape index (κ2) is 3.72. The summed E-state index contributed by atoms with van der Waals surface area (Å²) >= 11 is 0. The normalized spacial score (nSPS) is 49.0. The average molecular weight is 248 g/mol. The van der Waals surface area contributed by atoms with Crippen molar-refractivity contribution < 1.29 is 9.90 Å². The summed E-state index contributed by atoms with van der Waals surface area (Å²) in [6.07, 6.45) is 7.57. The Morgan fingerprint density at radius 1 is 1.11 bits per heavy atom. The van der Waals surface area contributed by atoms with Crippen LogP contribution in [0.4, 0.5) is 0 Å². The summed E-state index contributed by atoms with van der Waals surface area (Å²) in [5, 5.41) is 13.4. The van der Waals surface area contributed by atoms with E-state index in [1.54, 1.807) is 0 Å². The summed E-state index contributed by atoms with van der Waals surface area (Å²) in [4.78, 5) is 11.0. The molecule has 0 radical (unpaired) electrons. The molecule has 1 atom stereocenters. The monoisotopic (exact) mass is 248 g/mol. The van der Waals surface area contributed by atoms with Gasteiger partial charge in [0, 0.05) is 18.1 Å². The molecule has 4 heteroatoms. The van der Waals surface area contributed by atoms with Crippen LogP contribution < -0.4 is 5.43 Å². The zero-order chi connectivity index (χ0) is 12.3. The summed E-state index contributed by atoms with van der Waals surface area (Å²) in [5.41, 5.74) is 3.97. The number of nitrogens with one attached hydrogen (secondary N) is 1. The molecule has 1 unspecified atom stereocenters. The molecule has 5 aliphatic rings. The van der Waals surface area contributed by atoms with E-state index in [0.29, 0.717) is 12.3 Å². The lowest BCUT2D eigenvalue weighted by molar-refractivity contribution is -0.139. The number of rotatable bonds is 2. The van der Waals surface area contributed by atoms with Crippen LogP contribution in [0.15, 0.2) is 5.10 Å². The van der Waals surface area contributed by atoms with Crippen molar-refractivity contribution in [3.63, 3.8) is 0 Å². The van der Waals surface area contributed by atoms with E-state index < -0.39 is 12.0 Å². The van der Waals surface area contributed by atoms with Gasteiger partial charge in [0.15, 0.2) is 0 Å². The molecule has 4 nitrogen and oxygen atoms in total. The van der Waals surface area contributed by atoms with Crippen LogP contribution in [0.25, 0.3) is 0 Å². The SMILES string of the molecule is O=C(O)C1CC(C2C3CC4CC(C3)CC2C4)=NN1. The Bertz CT molecular complexity index is 390. The summed E-state index contributed by atoms with van der Waals surface area (Å²) in [6.45, 7) is 0. The highest BCUT2D eigenvalue weighted by molar-refractivity contribution is 5.93. The first-order chi connectivity index (χ1) is 8.70. The van der Waals surface area contributed by atoms with Gasteiger partial charge in [-0.25, -0.2) is 4.79 Å². The maximum Gasteiger partial charge on any atom is 0.328 e. The molecule has 0 saturated heterocycles. The largest absolute Gasteiger partial charge is 0.480 e. The lowest BCUT2D eigenvalue weighted by Gasteiger charge is -2.54. The van der Waals surface area contributed by atoms with Gasteiger partial charge in [0.25, 0.3) is 0 Å². The van der Waals surface area contributed by atoms with Crippen molar-refractivity contribution in [2.75, 3.05) is 0 Å². The lowest BCUT2D eigenvalue weighted by atomic mass is 9.51. The second-order valence-corrected chi connectivity index (χ2v) is 6.78. The minimum Gasteiger partial charge on any atom is -0.480 e. The molecule has 0 amide bonds. The predicted octanol–water partition coefficient (Wildman–Crippen LogP) is 1.86. The Morgan fingerprint density at radius 3 is 2.22 bits per heavy atom. The van der Waals surface area contributed by atoms with E-state index in [0.717, 1.165) is 29.4 Å². The maximum absolute atomic E-state index is 11.0. The molecular formula is C14H20N2O2. The molecule has 4 bridgehead atoms. The number of aliphatic carboxylic acids is 1. The van der Waals surface area contributed by atoms with Crippen LogP contribution in [0.1, 0.15) is 38.5 Å². The predicted molar refractivity (Wildman–Crippen MR) is 67.1 cm³/mol. The zero-order valence-electron chi connectivity index (χ0n) is 10.5. The van der Waals surface area contributed by atoms with Crippen molar-refractivity contribution in [1.29, 1.82) is 0 Å². The van der Waals surface area contributed by atoms with Gasteiger partial charge in [-0.2, -0.15) is 5.10 Å². The molecule has 4 fully saturated rings. The Hall–Kier alpha value is -1.06. The van der Waals surface area contributed by atoms with Crippen LogP contribution in [0.2, 0.25) is 0 Å². The first-order valence-electron chi connectivity index (χ1n) is 7.25. The van der Waals surface area contributed by atoms with E-state index in [1.165, 1.54) is 32.1 Å². The molecule has 0 spiro atoms. The highest BCUT2D eigenvalue weighted by atomic mass is 16.4. The topological polar surface area (TPSA) is 61.7 Å². The van der Waals surface area contributed by atoms with Gasteiger partial charge in [-0.1, -0.05) is 0 Å². The van der Waals surface area contributed by atoms with E-state index in [2.05, 4.69) is 10.5 Å². The van der Waals surface area contributed by atoms with Gasteiger partial charge in [0.05, 0.1) is 0 Å².